The third kappa shape index (κ3) is 3.81. The maximum Gasteiger partial charge on any atom is 0.310 e. The van der Waals surface area contributed by atoms with E-state index in [4.69, 9.17) is 4.52 Å². The zero-order valence-corrected chi connectivity index (χ0v) is 11.5. The topological polar surface area (TPSA) is 92.4 Å². The second-order valence-corrected chi connectivity index (χ2v) is 4.67. The number of amides is 1. The first kappa shape index (κ1) is 15.2. The lowest BCUT2D eigenvalue weighted by molar-refractivity contribution is -0.152. The van der Waals surface area contributed by atoms with Gasteiger partial charge in [-0.1, -0.05) is 19.0 Å². The fourth-order valence-corrected chi connectivity index (χ4v) is 1.94. The Kier molecular flexibility index (Phi) is 5.09. The Balaban J connectivity index is 2.56. The van der Waals surface area contributed by atoms with Gasteiger partial charge in [-0.15, -0.1) is 0 Å². The third-order valence-corrected chi connectivity index (χ3v) is 3.45. The van der Waals surface area contributed by atoms with Gasteiger partial charge in [0, 0.05) is 12.5 Å². The summed E-state index contributed by atoms with van der Waals surface area (Å²) in [5.41, 5.74) is -0.358. The van der Waals surface area contributed by atoms with E-state index in [1.54, 1.807) is 26.8 Å². The molecular weight excluding hydrogens is 248 g/mol. The number of hydrogen-bond acceptors (Lipinski definition) is 4. The normalized spacial score (nSPS) is 11.3. The van der Waals surface area contributed by atoms with Crippen molar-refractivity contribution >= 4 is 11.9 Å². The summed E-state index contributed by atoms with van der Waals surface area (Å²) in [6.07, 6.45) is 0.830. The molecule has 2 N–H and O–H groups in total. The minimum atomic E-state index is -0.982. The van der Waals surface area contributed by atoms with Crippen molar-refractivity contribution in [2.45, 2.75) is 46.6 Å². The molecule has 1 heterocycles. The van der Waals surface area contributed by atoms with E-state index >= 15 is 0 Å². The van der Waals surface area contributed by atoms with E-state index in [-0.39, 0.29) is 18.9 Å². The third-order valence-electron chi connectivity index (χ3n) is 3.45. The highest BCUT2D eigenvalue weighted by Gasteiger charge is 2.37. The van der Waals surface area contributed by atoms with E-state index < -0.39 is 11.4 Å². The van der Waals surface area contributed by atoms with Gasteiger partial charge in [0.1, 0.15) is 11.5 Å². The first-order valence-corrected chi connectivity index (χ1v) is 6.36. The highest BCUT2D eigenvalue weighted by atomic mass is 16.5. The number of aliphatic carboxylic acids is 1. The number of rotatable bonds is 7. The first-order valence-electron chi connectivity index (χ1n) is 6.36. The molecule has 1 rings (SSSR count). The summed E-state index contributed by atoms with van der Waals surface area (Å²) < 4.78 is 4.88. The summed E-state index contributed by atoms with van der Waals surface area (Å²) >= 11 is 0. The van der Waals surface area contributed by atoms with Crippen LogP contribution in [0.25, 0.3) is 0 Å². The van der Waals surface area contributed by atoms with Crippen LogP contribution in [0, 0.1) is 12.3 Å². The van der Waals surface area contributed by atoms with Crippen LogP contribution >= 0.6 is 0 Å². The molecule has 0 unspecified atom stereocenters. The summed E-state index contributed by atoms with van der Waals surface area (Å²) in [4.78, 5) is 23.1. The van der Waals surface area contributed by atoms with Crippen molar-refractivity contribution in [3.63, 3.8) is 0 Å². The van der Waals surface area contributed by atoms with Crippen LogP contribution in [0.1, 0.15) is 44.6 Å². The minimum absolute atomic E-state index is 0.0217. The summed E-state index contributed by atoms with van der Waals surface area (Å²) in [6, 6.07) is 1.73. The number of carbonyl (C=O) groups excluding carboxylic acids is 1. The number of nitrogens with zero attached hydrogens (tertiary/aromatic N) is 1. The molecule has 0 radical (unpaired) electrons. The SMILES string of the molecule is CCC(CC)(CC(=O)NCc1cc(C)on1)C(=O)O. The number of carboxylic acid groups (broad SMARTS) is 1. The van der Waals surface area contributed by atoms with Crippen LogP contribution in [0.2, 0.25) is 0 Å². The zero-order valence-electron chi connectivity index (χ0n) is 11.5. The van der Waals surface area contributed by atoms with Gasteiger partial charge >= 0.3 is 5.97 Å². The van der Waals surface area contributed by atoms with Crippen molar-refractivity contribution in [3.05, 3.63) is 17.5 Å². The number of carboxylic acids is 1. The monoisotopic (exact) mass is 268 g/mol. The van der Waals surface area contributed by atoms with Gasteiger partial charge in [0.05, 0.1) is 12.0 Å². The highest BCUT2D eigenvalue weighted by molar-refractivity contribution is 5.84. The Labute approximate surface area is 112 Å². The zero-order chi connectivity index (χ0) is 14.5. The molecule has 0 aromatic carbocycles. The molecule has 1 amide bonds. The maximum absolute atomic E-state index is 11.8. The van der Waals surface area contributed by atoms with E-state index in [0.29, 0.717) is 24.3 Å². The van der Waals surface area contributed by atoms with Crippen molar-refractivity contribution in [2.24, 2.45) is 5.41 Å². The fourth-order valence-electron chi connectivity index (χ4n) is 1.94. The predicted molar refractivity (Wildman–Crippen MR) is 68.4 cm³/mol. The molecule has 0 bridgehead atoms. The van der Waals surface area contributed by atoms with Crippen LogP contribution in [0.3, 0.4) is 0 Å². The lowest BCUT2D eigenvalue weighted by atomic mass is 9.79. The number of aryl methyl sites for hydroxylation is 1. The van der Waals surface area contributed by atoms with E-state index in [2.05, 4.69) is 10.5 Å². The Hall–Kier alpha value is -1.85. The Morgan fingerprint density at radius 2 is 2.05 bits per heavy atom. The molecule has 6 heteroatoms. The molecular formula is C13H20N2O4. The molecule has 19 heavy (non-hydrogen) atoms. The molecule has 0 fully saturated rings. The molecule has 1 aromatic rings. The molecule has 0 saturated carbocycles. The van der Waals surface area contributed by atoms with Gasteiger partial charge in [-0.25, -0.2) is 0 Å². The second-order valence-electron chi connectivity index (χ2n) is 4.67. The molecule has 0 atom stereocenters. The number of aromatic nitrogens is 1. The van der Waals surface area contributed by atoms with Gasteiger partial charge < -0.3 is 14.9 Å². The van der Waals surface area contributed by atoms with Crippen LogP contribution in [0.5, 0.6) is 0 Å². The molecule has 0 aliphatic rings. The number of nitrogens with one attached hydrogen (secondary N) is 1. The van der Waals surface area contributed by atoms with Gasteiger partial charge in [-0.2, -0.15) is 0 Å². The molecule has 0 saturated heterocycles. The smallest absolute Gasteiger partial charge is 0.310 e. The molecule has 0 aliphatic carbocycles. The maximum atomic E-state index is 11.8. The first-order chi connectivity index (χ1) is 8.93. The average molecular weight is 268 g/mol. The van der Waals surface area contributed by atoms with Crippen molar-refractivity contribution in [1.82, 2.24) is 10.5 Å². The molecule has 106 valence electrons. The lowest BCUT2D eigenvalue weighted by Gasteiger charge is -2.25. The van der Waals surface area contributed by atoms with Gasteiger partial charge in [0.2, 0.25) is 5.91 Å². The van der Waals surface area contributed by atoms with Crippen molar-refractivity contribution in [2.75, 3.05) is 0 Å². The molecule has 0 spiro atoms. The lowest BCUT2D eigenvalue weighted by Crippen LogP contribution is -2.36. The van der Waals surface area contributed by atoms with Crippen molar-refractivity contribution in [1.29, 1.82) is 0 Å². The van der Waals surface area contributed by atoms with Gasteiger partial charge in [0.15, 0.2) is 0 Å². The van der Waals surface area contributed by atoms with Crippen LogP contribution in [0.15, 0.2) is 10.6 Å². The summed E-state index contributed by atoms with van der Waals surface area (Å²) in [6.45, 7) is 5.58. The van der Waals surface area contributed by atoms with Crippen LogP contribution in [-0.2, 0) is 16.1 Å². The average Bonchev–Trinajstić information content (AvgIpc) is 2.79. The summed E-state index contributed by atoms with van der Waals surface area (Å²) in [7, 11) is 0. The van der Waals surface area contributed by atoms with Crippen LogP contribution in [-0.4, -0.2) is 22.1 Å². The van der Waals surface area contributed by atoms with Gasteiger partial charge in [0.25, 0.3) is 0 Å². The number of carbonyl (C=O) groups is 2. The summed E-state index contributed by atoms with van der Waals surface area (Å²) in [5.74, 6) is -0.539. The van der Waals surface area contributed by atoms with E-state index in [1.165, 1.54) is 0 Å². The predicted octanol–water partition coefficient (Wildman–Crippen LogP) is 1.88. The van der Waals surface area contributed by atoms with E-state index in [0.717, 1.165) is 0 Å². The molecule has 1 aromatic heterocycles. The van der Waals surface area contributed by atoms with Crippen LogP contribution < -0.4 is 5.32 Å². The van der Waals surface area contributed by atoms with E-state index in [1.807, 2.05) is 0 Å². The standard InChI is InChI=1S/C13H20N2O4/c1-4-13(5-2,12(17)18)7-11(16)14-8-10-6-9(3)19-15-10/h6H,4-5,7-8H2,1-3H3,(H,14,16)(H,17,18). The van der Waals surface area contributed by atoms with Gasteiger partial charge in [-0.3, -0.25) is 9.59 Å². The van der Waals surface area contributed by atoms with Gasteiger partial charge in [-0.05, 0) is 19.8 Å². The second kappa shape index (κ2) is 6.36. The Bertz CT molecular complexity index is 449. The minimum Gasteiger partial charge on any atom is -0.481 e. The summed E-state index contributed by atoms with van der Waals surface area (Å²) in [5, 5.41) is 15.7. The van der Waals surface area contributed by atoms with E-state index in [9.17, 15) is 14.7 Å². The largest absolute Gasteiger partial charge is 0.481 e. The quantitative estimate of drug-likeness (QED) is 0.787. The van der Waals surface area contributed by atoms with Crippen molar-refractivity contribution in [3.8, 4) is 0 Å². The van der Waals surface area contributed by atoms with Crippen LogP contribution in [0.4, 0.5) is 0 Å². The fraction of sp³-hybridized carbons (Fsp3) is 0.615. The molecule has 6 nitrogen and oxygen atoms in total. The molecule has 0 aliphatic heterocycles. The number of hydrogen-bond donors (Lipinski definition) is 2. The Morgan fingerprint density at radius 3 is 2.47 bits per heavy atom. The highest BCUT2D eigenvalue weighted by Crippen LogP contribution is 2.30. The Morgan fingerprint density at radius 1 is 1.42 bits per heavy atom. The van der Waals surface area contributed by atoms with Crippen molar-refractivity contribution < 1.29 is 19.2 Å².